The molecule has 6 rings (SSSR count). The number of likely N-dealkylation sites (N-methyl/N-ethyl adjacent to an activating group) is 2. The summed E-state index contributed by atoms with van der Waals surface area (Å²) in [6.45, 7) is 10.4. The molecule has 6 aromatic rings. The number of rotatable bonds is 24. The summed E-state index contributed by atoms with van der Waals surface area (Å²) in [5.41, 5.74) is 2.93. The van der Waals surface area contributed by atoms with E-state index in [2.05, 4.69) is 23.8 Å². The highest BCUT2D eigenvalue weighted by Gasteiger charge is 2.22. The van der Waals surface area contributed by atoms with Crippen LogP contribution >= 0.6 is 0 Å². The highest BCUT2D eigenvalue weighted by Crippen LogP contribution is 2.25. The third-order valence-corrected chi connectivity index (χ3v) is 11.2. The molecule has 0 aliphatic carbocycles. The number of alkyl carbamates (subject to hydrolysis) is 2. The lowest BCUT2D eigenvalue weighted by atomic mass is 10.0. The maximum absolute atomic E-state index is 13.8. The molecule has 2 amide bonds. The fourth-order valence-corrected chi connectivity index (χ4v) is 7.01. The van der Waals surface area contributed by atoms with Crippen LogP contribution in [0, 0.1) is 0 Å². The Bertz CT molecular complexity index is 2610. The van der Waals surface area contributed by atoms with E-state index in [1.54, 1.807) is 24.3 Å². The van der Waals surface area contributed by atoms with Gasteiger partial charge in [-0.1, -0.05) is 73.8 Å². The first kappa shape index (κ1) is 51.1. The van der Waals surface area contributed by atoms with Crippen molar-refractivity contribution < 1.29 is 52.4 Å². The number of ketones is 1. The van der Waals surface area contributed by atoms with Gasteiger partial charge in [-0.2, -0.15) is 0 Å². The van der Waals surface area contributed by atoms with E-state index in [1.807, 2.05) is 133 Å². The van der Waals surface area contributed by atoms with Crippen molar-refractivity contribution in [3.63, 3.8) is 0 Å². The van der Waals surface area contributed by atoms with Gasteiger partial charge in [-0.3, -0.25) is 4.79 Å². The molecule has 0 aromatic heterocycles. The summed E-state index contributed by atoms with van der Waals surface area (Å²) in [6.07, 6.45) is -1.38. The van der Waals surface area contributed by atoms with Crippen LogP contribution < -0.4 is 29.9 Å². The van der Waals surface area contributed by atoms with Gasteiger partial charge < -0.3 is 48.9 Å². The summed E-state index contributed by atoms with van der Waals surface area (Å²) in [4.78, 5) is 66.4. The number of fused-ring (bicyclic) bond motifs is 2. The minimum absolute atomic E-state index is 0.0392. The summed E-state index contributed by atoms with van der Waals surface area (Å²) >= 11 is 0. The number of nitrogens with zero attached hydrogens (tertiary/aromatic N) is 2. The summed E-state index contributed by atoms with van der Waals surface area (Å²) in [5.74, 6) is 0.00834. The van der Waals surface area contributed by atoms with E-state index >= 15 is 0 Å². The van der Waals surface area contributed by atoms with Gasteiger partial charge in [0.25, 0.3) is 0 Å². The molecule has 364 valence electrons. The maximum atomic E-state index is 13.8. The van der Waals surface area contributed by atoms with E-state index in [4.69, 9.17) is 28.4 Å². The number of benzene rings is 6. The Morgan fingerprint density at radius 3 is 1.23 bits per heavy atom. The van der Waals surface area contributed by atoms with Crippen molar-refractivity contribution in [3.8, 4) is 11.5 Å². The molecule has 2 unspecified atom stereocenters. The first-order valence-electron chi connectivity index (χ1n) is 22.7. The van der Waals surface area contributed by atoms with Crippen LogP contribution in [-0.4, -0.2) is 109 Å². The molecule has 2 atom stereocenters. The predicted octanol–water partition coefficient (Wildman–Crippen LogP) is 8.68. The molecule has 70 heavy (non-hydrogen) atoms. The number of carbonyl (C=O) groups is 5. The SMILES string of the molecule is C=C(C)C(=O)OCCNC(=O)OCC(COc1ccc2ccccc2c1)N(C)c1ccc(C(=O)c2ccc(N(C)C(COC(=O)NCCOC(=O)C(=C)C)COc3ccc4ccccc4c3)cc2)cc1. The Morgan fingerprint density at radius 1 is 0.486 bits per heavy atom. The Labute approximate surface area is 407 Å². The molecule has 2 N–H and O–H groups in total. The number of nitrogens with one attached hydrogen (secondary N) is 2. The van der Waals surface area contributed by atoms with Crippen LogP contribution in [0.1, 0.15) is 29.8 Å². The second kappa shape index (κ2) is 25.2. The van der Waals surface area contributed by atoms with Crippen LogP contribution in [0.5, 0.6) is 11.5 Å². The highest BCUT2D eigenvalue weighted by molar-refractivity contribution is 6.09. The monoisotopic (exact) mass is 950 g/mol. The third-order valence-electron chi connectivity index (χ3n) is 11.2. The van der Waals surface area contributed by atoms with Gasteiger partial charge >= 0.3 is 24.1 Å². The zero-order valence-electron chi connectivity index (χ0n) is 39.8. The lowest BCUT2D eigenvalue weighted by Crippen LogP contribution is -2.42. The fourth-order valence-electron chi connectivity index (χ4n) is 7.01. The Balaban J connectivity index is 1.09. The summed E-state index contributed by atoms with van der Waals surface area (Å²) in [6, 6.07) is 40.9. The van der Waals surface area contributed by atoms with Crippen molar-refractivity contribution in [1.82, 2.24) is 10.6 Å². The lowest BCUT2D eigenvalue weighted by Gasteiger charge is -2.30. The largest absolute Gasteiger partial charge is 0.491 e. The molecule has 0 saturated heterocycles. The van der Waals surface area contributed by atoms with Gasteiger partial charge in [-0.25, -0.2) is 19.2 Å². The Kier molecular flexibility index (Phi) is 18.4. The van der Waals surface area contributed by atoms with Gasteiger partial charge in [0.05, 0.1) is 25.2 Å². The topological polar surface area (TPSA) is 171 Å². The number of hydrogen-bond acceptors (Lipinski definition) is 13. The van der Waals surface area contributed by atoms with Gasteiger partial charge in [0, 0.05) is 47.7 Å². The van der Waals surface area contributed by atoms with Gasteiger partial charge in [0.2, 0.25) is 0 Å². The van der Waals surface area contributed by atoms with E-state index < -0.39 is 36.2 Å². The number of anilines is 2. The molecule has 0 heterocycles. The average molecular weight is 951 g/mol. The molecule has 15 heteroatoms. The van der Waals surface area contributed by atoms with E-state index in [0.29, 0.717) is 22.6 Å². The van der Waals surface area contributed by atoms with Crippen molar-refractivity contribution in [2.75, 3.05) is 76.6 Å². The number of carbonyl (C=O) groups excluding carboxylic acids is 5. The quantitative estimate of drug-likeness (QED) is 0.0194. The molecule has 0 radical (unpaired) electrons. The van der Waals surface area contributed by atoms with Gasteiger partial charge in [0.15, 0.2) is 5.78 Å². The van der Waals surface area contributed by atoms with Crippen LogP contribution in [0.4, 0.5) is 21.0 Å². The van der Waals surface area contributed by atoms with E-state index in [1.165, 1.54) is 13.8 Å². The van der Waals surface area contributed by atoms with Crippen molar-refractivity contribution >= 4 is 62.8 Å². The van der Waals surface area contributed by atoms with Crippen LogP contribution in [-0.2, 0) is 28.5 Å². The van der Waals surface area contributed by atoms with Crippen LogP contribution in [0.2, 0.25) is 0 Å². The van der Waals surface area contributed by atoms with Gasteiger partial charge in [0.1, 0.15) is 51.1 Å². The minimum atomic E-state index is -0.688. The zero-order chi connectivity index (χ0) is 50.0. The van der Waals surface area contributed by atoms with Crippen molar-refractivity contribution in [3.05, 3.63) is 169 Å². The number of hydrogen-bond donors (Lipinski definition) is 2. The van der Waals surface area contributed by atoms with E-state index in [-0.39, 0.29) is 69.7 Å². The molecule has 0 fully saturated rings. The fraction of sp³-hybridized carbons (Fsp3) is 0.255. The van der Waals surface area contributed by atoms with E-state index in [9.17, 15) is 24.0 Å². The smallest absolute Gasteiger partial charge is 0.407 e. The molecule has 0 spiro atoms. The second-order valence-corrected chi connectivity index (χ2v) is 16.5. The predicted molar refractivity (Wildman–Crippen MR) is 270 cm³/mol. The summed E-state index contributed by atoms with van der Waals surface area (Å²) in [7, 11) is 3.70. The van der Waals surface area contributed by atoms with E-state index in [0.717, 1.165) is 32.9 Å². The Hall–Kier alpha value is -8.33. The van der Waals surface area contributed by atoms with Gasteiger partial charge in [-0.05, 0) is 108 Å². The third kappa shape index (κ3) is 14.8. The number of ether oxygens (including phenoxy) is 6. The molecule has 6 aromatic carbocycles. The van der Waals surface area contributed by atoms with Crippen LogP contribution in [0.3, 0.4) is 0 Å². The molecule has 0 aliphatic heterocycles. The highest BCUT2D eigenvalue weighted by atomic mass is 16.6. The normalized spacial score (nSPS) is 11.6. The molecular weight excluding hydrogens is 893 g/mol. The van der Waals surface area contributed by atoms with Crippen molar-refractivity contribution in [1.29, 1.82) is 0 Å². The molecule has 0 saturated carbocycles. The maximum Gasteiger partial charge on any atom is 0.407 e. The molecule has 0 bridgehead atoms. The first-order chi connectivity index (χ1) is 33.7. The molecule has 0 aliphatic rings. The Morgan fingerprint density at radius 2 is 0.857 bits per heavy atom. The molecular formula is C55H58N4O11. The average Bonchev–Trinajstić information content (AvgIpc) is 3.38. The minimum Gasteiger partial charge on any atom is -0.491 e. The van der Waals surface area contributed by atoms with Gasteiger partial charge in [-0.15, -0.1) is 0 Å². The van der Waals surface area contributed by atoms with Crippen LogP contribution in [0.15, 0.2) is 158 Å². The lowest BCUT2D eigenvalue weighted by molar-refractivity contribution is -0.139. The first-order valence-corrected chi connectivity index (χ1v) is 22.7. The van der Waals surface area contributed by atoms with Crippen LogP contribution in [0.25, 0.3) is 21.5 Å². The molecule has 15 nitrogen and oxygen atoms in total. The van der Waals surface area contributed by atoms with Crippen molar-refractivity contribution in [2.24, 2.45) is 0 Å². The second-order valence-electron chi connectivity index (χ2n) is 16.5. The zero-order valence-corrected chi connectivity index (χ0v) is 39.8. The summed E-state index contributed by atoms with van der Waals surface area (Å²) < 4.78 is 33.7. The van der Waals surface area contributed by atoms with Crippen molar-refractivity contribution in [2.45, 2.75) is 25.9 Å². The summed E-state index contributed by atoms with van der Waals surface area (Å²) in [5, 5.41) is 9.37. The number of esters is 2. The number of amides is 2. The standard InChI is InChI=1S/C55H58N4O11/c1-37(2)52(61)65-29-27-56-54(63)69-35-47(33-67-49-25-19-39-11-7-9-13-43(39)31-49)58(5)45-21-15-41(16-22-45)51(60)42-17-23-46(24-18-42)59(6)48(36-70-55(64)57-28-30-66-53(62)38(3)4)34-68-50-26-20-40-12-8-10-14-44(40)32-50/h7-26,31-32,47-48H,1,3,27-30,33-36H2,2,4-6H3,(H,56,63)(H,57,64).